The molecule has 2 aromatic rings. The van der Waals surface area contributed by atoms with Crippen LogP contribution in [0, 0.1) is 23.3 Å². The molecule has 0 bridgehead atoms. The molecule has 0 saturated carbocycles. The van der Waals surface area contributed by atoms with E-state index in [1.807, 2.05) is 0 Å². The van der Waals surface area contributed by atoms with Crippen molar-refractivity contribution < 1.29 is 41.9 Å². The Morgan fingerprint density at radius 2 is 1.63 bits per heavy atom. The number of nitrogens with zero attached hydrogens (tertiary/aromatic N) is 1. The lowest BCUT2D eigenvalue weighted by atomic mass is 10.1. The minimum absolute atomic E-state index is 0.00800. The van der Waals surface area contributed by atoms with Gasteiger partial charge in [-0.1, -0.05) is 12.1 Å². The Labute approximate surface area is 148 Å². The van der Waals surface area contributed by atoms with E-state index in [0.717, 1.165) is 0 Å². The second kappa shape index (κ2) is 7.99. The summed E-state index contributed by atoms with van der Waals surface area (Å²) in [6, 6.07) is 4.84. The van der Waals surface area contributed by atoms with Crippen LogP contribution < -0.4 is 5.48 Å². The van der Waals surface area contributed by atoms with Crippen molar-refractivity contribution in [3.8, 4) is 0 Å². The average molecular weight is 390 g/mol. The summed E-state index contributed by atoms with van der Waals surface area (Å²) >= 11 is 0. The summed E-state index contributed by atoms with van der Waals surface area (Å²) in [7, 11) is 0. The van der Waals surface area contributed by atoms with E-state index in [1.165, 1.54) is 29.7 Å². The third-order valence-corrected chi connectivity index (χ3v) is 3.58. The Bertz CT molecular complexity index is 876. The van der Waals surface area contributed by atoms with Gasteiger partial charge in [-0.05, 0) is 23.8 Å². The number of alkyl halides is 1. The molecule has 11 heteroatoms. The fraction of sp³-hybridized carbons (Fsp3) is 0.125. The zero-order valence-electron chi connectivity index (χ0n) is 13.2. The van der Waals surface area contributed by atoms with Gasteiger partial charge in [0, 0.05) is 11.1 Å². The lowest BCUT2D eigenvalue weighted by Gasteiger charge is -2.24. The van der Waals surface area contributed by atoms with Gasteiger partial charge in [0.05, 0.1) is 6.54 Å². The molecular weight excluding hydrogens is 379 g/mol. The van der Waals surface area contributed by atoms with Gasteiger partial charge in [-0.3, -0.25) is 14.9 Å². The highest BCUT2D eigenvalue weighted by molar-refractivity contribution is 5.93. The van der Waals surface area contributed by atoms with Crippen molar-refractivity contribution in [1.82, 2.24) is 10.4 Å². The maximum absolute atomic E-state index is 14.5. The number of carbonyl (C=O) groups excluding carboxylic acids is 1. The number of carbonyl (C=O) groups is 2. The van der Waals surface area contributed by atoms with E-state index in [2.05, 4.69) is 0 Å². The van der Waals surface area contributed by atoms with E-state index in [1.54, 1.807) is 0 Å². The minimum atomic E-state index is -2.84. The molecule has 0 aromatic heterocycles. The summed E-state index contributed by atoms with van der Waals surface area (Å²) in [4.78, 5) is 22.5. The number of nitrogens with one attached hydrogen (secondary N) is 1. The van der Waals surface area contributed by atoms with E-state index in [-0.39, 0.29) is 22.1 Å². The zero-order valence-corrected chi connectivity index (χ0v) is 13.2. The summed E-state index contributed by atoms with van der Waals surface area (Å²) in [6.07, 6.45) is -4.73. The van der Waals surface area contributed by atoms with Crippen LogP contribution in [-0.2, 0) is 6.54 Å². The van der Waals surface area contributed by atoms with E-state index in [4.69, 9.17) is 10.3 Å². The van der Waals surface area contributed by atoms with Crippen LogP contribution in [-0.4, -0.2) is 27.2 Å². The number of rotatable bonds is 5. The van der Waals surface area contributed by atoms with Crippen molar-refractivity contribution in [2.45, 2.75) is 12.8 Å². The second-order valence-electron chi connectivity index (χ2n) is 5.27. The highest BCUT2D eigenvalue weighted by atomic mass is 19.2. The van der Waals surface area contributed by atoms with Crippen LogP contribution in [0.1, 0.15) is 27.8 Å². The smallest absolute Gasteiger partial charge is 0.410 e. The molecule has 144 valence electrons. The fourth-order valence-corrected chi connectivity index (χ4v) is 2.20. The second-order valence-corrected chi connectivity index (χ2v) is 5.27. The molecule has 27 heavy (non-hydrogen) atoms. The van der Waals surface area contributed by atoms with Gasteiger partial charge in [0.1, 0.15) is 0 Å². The molecule has 1 unspecified atom stereocenters. The van der Waals surface area contributed by atoms with Gasteiger partial charge < -0.3 is 5.11 Å². The van der Waals surface area contributed by atoms with Crippen molar-refractivity contribution in [3.05, 3.63) is 70.3 Å². The summed E-state index contributed by atoms with van der Waals surface area (Å²) in [5.74, 6) is -9.20. The number of amides is 2. The molecule has 0 radical (unpaired) electrons. The molecule has 0 heterocycles. The van der Waals surface area contributed by atoms with Crippen molar-refractivity contribution in [3.63, 3.8) is 0 Å². The molecule has 0 spiro atoms. The molecule has 3 N–H and O–H groups in total. The third-order valence-electron chi connectivity index (χ3n) is 3.58. The Hall–Kier alpha value is -3.21. The first kappa shape index (κ1) is 20.1. The van der Waals surface area contributed by atoms with Crippen molar-refractivity contribution in [2.24, 2.45) is 0 Å². The van der Waals surface area contributed by atoms with Crippen LogP contribution >= 0.6 is 0 Å². The van der Waals surface area contributed by atoms with Gasteiger partial charge in [0.25, 0.3) is 5.91 Å². The van der Waals surface area contributed by atoms with Crippen molar-refractivity contribution >= 4 is 12.0 Å². The summed E-state index contributed by atoms with van der Waals surface area (Å²) in [6.45, 7) is -0.683. The van der Waals surface area contributed by atoms with Crippen LogP contribution in [0.5, 0.6) is 0 Å². The van der Waals surface area contributed by atoms with Gasteiger partial charge in [-0.25, -0.2) is 32.2 Å². The lowest BCUT2D eigenvalue weighted by molar-refractivity contribution is 0.0633. The molecule has 1 atom stereocenters. The molecule has 0 fully saturated rings. The van der Waals surface area contributed by atoms with Crippen LogP contribution in [0.3, 0.4) is 0 Å². The predicted octanol–water partition coefficient (Wildman–Crippen LogP) is 3.51. The van der Waals surface area contributed by atoms with Crippen LogP contribution in [0.15, 0.2) is 30.3 Å². The molecule has 2 rings (SSSR count). The molecule has 0 saturated heterocycles. The van der Waals surface area contributed by atoms with Crippen LogP contribution in [0.4, 0.5) is 26.7 Å². The zero-order chi connectivity index (χ0) is 20.3. The fourth-order valence-electron chi connectivity index (χ4n) is 2.20. The maximum Gasteiger partial charge on any atom is 0.410 e. The SMILES string of the molecule is O=C(NO)c1ccc(CN(C(=O)O)C(F)c2cc(F)c(F)c(F)c2F)cc1. The standard InChI is InChI=1S/C16H11F5N2O4/c17-10-5-9(11(18)13(20)12(10)19)14(21)23(16(25)26)6-7-1-3-8(4-2-7)15(24)22-27/h1-5,14,27H,6H2,(H,22,24)(H,25,26). The number of hydroxylamine groups is 1. The number of hydrogen-bond donors (Lipinski definition) is 3. The highest BCUT2D eigenvalue weighted by Crippen LogP contribution is 2.30. The van der Waals surface area contributed by atoms with Crippen molar-refractivity contribution in [1.29, 1.82) is 0 Å². The lowest BCUT2D eigenvalue weighted by Crippen LogP contribution is -2.32. The van der Waals surface area contributed by atoms with E-state index >= 15 is 0 Å². The largest absolute Gasteiger partial charge is 0.465 e. The maximum atomic E-state index is 14.5. The molecule has 0 aliphatic heterocycles. The van der Waals surface area contributed by atoms with E-state index in [9.17, 15) is 31.5 Å². The van der Waals surface area contributed by atoms with Gasteiger partial charge in [-0.2, -0.15) is 0 Å². The van der Waals surface area contributed by atoms with Gasteiger partial charge in [0.15, 0.2) is 23.3 Å². The summed E-state index contributed by atoms with van der Waals surface area (Å²) in [5.41, 5.74) is 0.190. The molecule has 0 aliphatic rings. The number of carboxylic acid groups (broad SMARTS) is 1. The van der Waals surface area contributed by atoms with Gasteiger partial charge in [-0.15, -0.1) is 0 Å². The van der Waals surface area contributed by atoms with Crippen LogP contribution in [0.25, 0.3) is 0 Å². The Morgan fingerprint density at radius 3 is 2.15 bits per heavy atom. The topological polar surface area (TPSA) is 89.9 Å². The first-order chi connectivity index (χ1) is 12.7. The molecule has 6 nitrogen and oxygen atoms in total. The first-order valence-electron chi connectivity index (χ1n) is 7.17. The number of halogens is 5. The molecule has 2 aromatic carbocycles. The quantitative estimate of drug-likeness (QED) is 0.182. The number of hydrogen-bond acceptors (Lipinski definition) is 3. The Kier molecular flexibility index (Phi) is 5.95. The monoisotopic (exact) mass is 390 g/mol. The normalized spacial score (nSPS) is 11.8. The third kappa shape index (κ3) is 4.14. The van der Waals surface area contributed by atoms with E-state index in [0.29, 0.717) is 0 Å². The molecule has 0 aliphatic carbocycles. The number of benzene rings is 2. The Balaban J connectivity index is 2.33. The average Bonchev–Trinajstić information content (AvgIpc) is 2.66. The first-order valence-corrected chi connectivity index (χ1v) is 7.17. The molecule has 2 amide bonds. The van der Waals surface area contributed by atoms with Crippen molar-refractivity contribution in [2.75, 3.05) is 0 Å². The minimum Gasteiger partial charge on any atom is -0.465 e. The van der Waals surface area contributed by atoms with Crippen LogP contribution in [0.2, 0.25) is 0 Å². The van der Waals surface area contributed by atoms with Gasteiger partial charge >= 0.3 is 6.09 Å². The van der Waals surface area contributed by atoms with E-state index < -0.39 is 53.7 Å². The Morgan fingerprint density at radius 1 is 1.04 bits per heavy atom. The summed E-state index contributed by atoms with van der Waals surface area (Å²) < 4.78 is 67.7. The predicted molar refractivity (Wildman–Crippen MR) is 79.4 cm³/mol. The highest BCUT2D eigenvalue weighted by Gasteiger charge is 2.31. The van der Waals surface area contributed by atoms with Gasteiger partial charge in [0.2, 0.25) is 6.30 Å². The molecular formula is C16H11F5N2O4. The summed E-state index contributed by atoms with van der Waals surface area (Å²) in [5, 5.41) is 17.6.